The van der Waals surface area contributed by atoms with E-state index in [1.165, 1.54) is 6.08 Å². The highest BCUT2D eigenvalue weighted by atomic mass is 35.5. The predicted octanol–water partition coefficient (Wildman–Crippen LogP) is 4.94. The standard InChI is InChI=1S/C20H18Cl2N2O2/c1-13(25)24-11-3-4-14-12-15(7-9-19(14)24)23-20(26)10-8-16-17(21)5-2-6-18(16)22/h2,5-10,12H,3-4,11H2,1H3,(H,23,26). The number of aryl methyl sites for hydroxylation is 1. The van der Waals surface area contributed by atoms with Crippen LogP contribution in [0.5, 0.6) is 0 Å². The van der Waals surface area contributed by atoms with Gasteiger partial charge in [0.1, 0.15) is 0 Å². The van der Waals surface area contributed by atoms with Crippen molar-refractivity contribution in [2.45, 2.75) is 19.8 Å². The van der Waals surface area contributed by atoms with Crippen molar-refractivity contribution in [2.75, 3.05) is 16.8 Å². The summed E-state index contributed by atoms with van der Waals surface area (Å²) < 4.78 is 0. The number of rotatable bonds is 3. The van der Waals surface area contributed by atoms with Gasteiger partial charge in [-0.15, -0.1) is 0 Å². The molecule has 3 rings (SSSR count). The van der Waals surface area contributed by atoms with Gasteiger partial charge in [0, 0.05) is 46.5 Å². The first kappa shape index (κ1) is 18.5. The zero-order valence-corrected chi connectivity index (χ0v) is 15.8. The minimum absolute atomic E-state index is 0.0299. The molecule has 0 unspecified atom stereocenters. The summed E-state index contributed by atoms with van der Waals surface area (Å²) in [5.74, 6) is -0.248. The lowest BCUT2D eigenvalue weighted by atomic mass is 10.0. The van der Waals surface area contributed by atoms with Crippen molar-refractivity contribution >= 4 is 52.5 Å². The summed E-state index contributed by atoms with van der Waals surface area (Å²) in [7, 11) is 0. The molecule has 1 N–H and O–H groups in total. The van der Waals surface area contributed by atoms with E-state index < -0.39 is 0 Å². The molecule has 1 aliphatic rings. The van der Waals surface area contributed by atoms with Crippen molar-refractivity contribution in [1.29, 1.82) is 0 Å². The molecular formula is C20H18Cl2N2O2. The quantitative estimate of drug-likeness (QED) is 0.756. The molecule has 0 saturated heterocycles. The van der Waals surface area contributed by atoms with Crippen LogP contribution < -0.4 is 10.2 Å². The number of halogens is 2. The van der Waals surface area contributed by atoms with Crippen molar-refractivity contribution in [3.63, 3.8) is 0 Å². The van der Waals surface area contributed by atoms with E-state index in [4.69, 9.17) is 23.2 Å². The average molecular weight is 389 g/mol. The minimum atomic E-state index is -0.278. The Labute approximate surface area is 162 Å². The molecule has 1 heterocycles. The van der Waals surface area contributed by atoms with E-state index in [1.54, 1.807) is 42.2 Å². The Bertz CT molecular complexity index is 873. The smallest absolute Gasteiger partial charge is 0.248 e. The van der Waals surface area contributed by atoms with E-state index in [-0.39, 0.29) is 11.8 Å². The fourth-order valence-electron chi connectivity index (χ4n) is 3.01. The maximum Gasteiger partial charge on any atom is 0.248 e. The van der Waals surface area contributed by atoms with Crippen LogP contribution in [0.15, 0.2) is 42.5 Å². The van der Waals surface area contributed by atoms with Crippen LogP contribution >= 0.6 is 23.2 Å². The lowest BCUT2D eigenvalue weighted by Gasteiger charge is -2.28. The van der Waals surface area contributed by atoms with Gasteiger partial charge in [0.25, 0.3) is 0 Å². The van der Waals surface area contributed by atoms with Crippen LogP contribution in [0.3, 0.4) is 0 Å². The molecule has 4 nitrogen and oxygen atoms in total. The van der Waals surface area contributed by atoms with E-state index >= 15 is 0 Å². The van der Waals surface area contributed by atoms with Gasteiger partial charge >= 0.3 is 0 Å². The highest BCUT2D eigenvalue weighted by Gasteiger charge is 2.20. The highest BCUT2D eigenvalue weighted by molar-refractivity contribution is 6.37. The zero-order chi connectivity index (χ0) is 18.7. The molecule has 1 aliphatic heterocycles. The van der Waals surface area contributed by atoms with Crippen LogP contribution in [0.1, 0.15) is 24.5 Å². The number of nitrogens with one attached hydrogen (secondary N) is 1. The van der Waals surface area contributed by atoms with Crippen molar-refractivity contribution in [3.8, 4) is 0 Å². The van der Waals surface area contributed by atoms with Crippen LogP contribution in [0.25, 0.3) is 6.08 Å². The van der Waals surface area contributed by atoms with E-state index in [2.05, 4.69) is 5.32 Å². The molecule has 0 saturated carbocycles. The van der Waals surface area contributed by atoms with Crippen LogP contribution in [-0.4, -0.2) is 18.4 Å². The summed E-state index contributed by atoms with van der Waals surface area (Å²) in [4.78, 5) is 25.7. The summed E-state index contributed by atoms with van der Waals surface area (Å²) in [6, 6.07) is 10.8. The lowest BCUT2D eigenvalue weighted by molar-refractivity contribution is -0.116. The number of carbonyl (C=O) groups excluding carboxylic acids is 2. The number of hydrogen-bond acceptors (Lipinski definition) is 2. The molecule has 0 aromatic heterocycles. The highest BCUT2D eigenvalue weighted by Crippen LogP contribution is 2.30. The number of anilines is 2. The fraction of sp³-hybridized carbons (Fsp3) is 0.200. The second-order valence-corrected chi connectivity index (χ2v) is 6.89. The van der Waals surface area contributed by atoms with Crippen molar-refractivity contribution in [3.05, 3.63) is 63.6 Å². The van der Waals surface area contributed by atoms with Gasteiger partial charge in [0.15, 0.2) is 0 Å². The third kappa shape index (κ3) is 4.09. The maximum atomic E-state index is 12.2. The molecule has 6 heteroatoms. The second kappa shape index (κ2) is 7.94. The Morgan fingerprint density at radius 2 is 1.88 bits per heavy atom. The van der Waals surface area contributed by atoms with Gasteiger partial charge in [0.2, 0.25) is 11.8 Å². The normalized spacial score (nSPS) is 13.6. The van der Waals surface area contributed by atoms with Gasteiger partial charge in [-0.3, -0.25) is 9.59 Å². The molecule has 0 radical (unpaired) electrons. The predicted molar refractivity (Wildman–Crippen MR) is 107 cm³/mol. The van der Waals surface area contributed by atoms with Gasteiger partial charge < -0.3 is 10.2 Å². The lowest BCUT2D eigenvalue weighted by Crippen LogP contribution is -2.33. The Balaban J connectivity index is 1.74. The third-order valence-electron chi connectivity index (χ3n) is 4.25. The number of hydrogen-bond donors (Lipinski definition) is 1. The minimum Gasteiger partial charge on any atom is -0.323 e. The monoisotopic (exact) mass is 388 g/mol. The van der Waals surface area contributed by atoms with E-state index in [1.807, 2.05) is 12.1 Å². The Morgan fingerprint density at radius 1 is 1.15 bits per heavy atom. The molecule has 2 aromatic rings. The van der Waals surface area contributed by atoms with E-state index in [0.29, 0.717) is 21.3 Å². The molecule has 2 aromatic carbocycles. The summed E-state index contributed by atoms with van der Waals surface area (Å²) in [6.45, 7) is 2.30. The van der Waals surface area contributed by atoms with Gasteiger partial charge in [0.05, 0.1) is 0 Å². The number of benzene rings is 2. The molecule has 134 valence electrons. The maximum absolute atomic E-state index is 12.2. The van der Waals surface area contributed by atoms with Crippen LogP contribution in [-0.2, 0) is 16.0 Å². The largest absolute Gasteiger partial charge is 0.323 e. The van der Waals surface area contributed by atoms with Crippen molar-refractivity contribution < 1.29 is 9.59 Å². The summed E-state index contributed by atoms with van der Waals surface area (Å²) >= 11 is 12.2. The first-order valence-electron chi connectivity index (χ1n) is 8.30. The molecule has 0 aliphatic carbocycles. The summed E-state index contributed by atoms with van der Waals surface area (Å²) in [6.07, 6.45) is 4.78. The average Bonchev–Trinajstić information content (AvgIpc) is 2.60. The number of fused-ring (bicyclic) bond motifs is 1. The van der Waals surface area contributed by atoms with Crippen LogP contribution in [0, 0.1) is 0 Å². The molecule has 0 spiro atoms. The molecule has 2 amide bonds. The Morgan fingerprint density at radius 3 is 2.58 bits per heavy atom. The van der Waals surface area contributed by atoms with Gasteiger partial charge in [-0.05, 0) is 54.8 Å². The molecule has 0 atom stereocenters. The van der Waals surface area contributed by atoms with Crippen molar-refractivity contribution in [2.24, 2.45) is 0 Å². The van der Waals surface area contributed by atoms with Crippen LogP contribution in [0.2, 0.25) is 10.0 Å². The first-order chi connectivity index (χ1) is 12.5. The second-order valence-electron chi connectivity index (χ2n) is 6.08. The zero-order valence-electron chi connectivity index (χ0n) is 14.3. The van der Waals surface area contributed by atoms with Gasteiger partial charge in [-0.2, -0.15) is 0 Å². The third-order valence-corrected chi connectivity index (χ3v) is 4.91. The number of amides is 2. The van der Waals surface area contributed by atoms with Gasteiger partial charge in [-0.1, -0.05) is 29.3 Å². The SMILES string of the molecule is CC(=O)N1CCCc2cc(NC(=O)C=Cc3c(Cl)cccc3Cl)ccc21. The molecule has 0 fully saturated rings. The summed E-state index contributed by atoms with van der Waals surface area (Å²) in [5, 5.41) is 3.80. The fourth-order valence-corrected chi connectivity index (χ4v) is 3.54. The van der Waals surface area contributed by atoms with E-state index in [0.717, 1.165) is 30.6 Å². The number of nitrogens with zero attached hydrogens (tertiary/aromatic N) is 1. The molecule has 0 bridgehead atoms. The van der Waals surface area contributed by atoms with Crippen LogP contribution in [0.4, 0.5) is 11.4 Å². The van der Waals surface area contributed by atoms with Crippen molar-refractivity contribution in [1.82, 2.24) is 0 Å². The van der Waals surface area contributed by atoms with E-state index in [9.17, 15) is 9.59 Å². The molecular weight excluding hydrogens is 371 g/mol. The Hall–Kier alpha value is -2.30. The Kier molecular flexibility index (Phi) is 5.64. The topological polar surface area (TPSA) is 49.4 Å². The first-order valence-corrected chi connectivity index (χ1v) is 9.05. The number of carbonyl (C=O) groups is 2. The van der Waals surface area contributed by atoms with Gasteiger partial charge in [-0.25, -0.2) is 0 Å². The molecule has 26 heavy (non-hydrogen) atoms. The summed E-state index contributed by atoms with van der Waals surface area (Å²) in [5.41, 5.74) is 3.27.